The summed E-state index contributed by atoms with van der Waals surface area (Å²) < 4.78 is 126. The van der Waals surface area contributed by atoms with E-state index in [1.54, 1.807) is 0 Å². The molecular weight excluding hydrogens is 389 g/mol. The van der Waals surface area contributed by atoms with E-state index < -0.39 is 49.0 Å². The number of hydrogen-bond donors (Lipinski definition) is 0. The Balaban J connectivity index is 3.00. The minimum atomic E-state index is -6.97. The number of hydrogen-bond acceptors (Lipinski definition) is 4. The van der Waals surface area contributed by atoms with Gasteiger partial charge in [0.1, 0.15) is 6.10 Å². The molecule has 154 valence electrons. The molecule has 0 aromatic carbocycles. The number of carbonyl (C=O) groups is 1. The lowest BCUT2D eigenvalue weighted by Gasteiger charge is -2.36. The average molecular weight is 405 g/mol. The highest BCUT2D eigenvalue weighted by Crippen LogP contribution is 2.54. The van der Waals surface area contributed by atoms with E-state index in [0.717, 1.165) is 6.92 Å². The molecule has 0 saturated carbocycles. The van der Waals surface area contributed by atoms with Crippen molar-refractivity contribution in [2.75, 3.05) is 32.8 Å². The van der Waals surface area contributed by atoms with Crippen molar-refractivity contribution in [3.05, 3.63) is 0 Å². The van der Waals surface area contributed by atoms with Crippen molar-refractivity contribution < 1.29 is 53.8 Å². The molecule has 1 fully saturated rings. The highest BCUT2D eigenvalue weighted by Gasteiger charge is 2.81. The molecule has 1 aliphatic rings. The molecule has 1 heterocycles. The van der Waals surface area contributed by atoms with Gasteiger partial charge in [-0.15, -0.1) is 0 Å². The summed E-state index contributed by atoms with van der Waals surface area (Å²) in [5.41, 5.74) is 0. The topological polar surface area (TPSA) is 38.8 Å². The summed E-state index contributed by atoms with van der Waals surface area (Å²) in [6, 6.07) is 0. The largest absolute Gasteiger partial charge is 0.461 e. The van der Waals surface area contributed by atoms with Crippen LogP contribution in [0.2, 0.25) is 0 Å². The second-order valence-electron chi connectivity index (χ2n) is 5.70. The van der Waals surface area contributed by atoms with Gasteiger partial charge in [-0.3, -0.25) is 9.69 Å². The number of ether oxygens (including phenoxy) is 2. The Labute approximate surface area is 142 Å². The fourth-order valence-electron chi connectivity index (χ4n) is 2.27. The molecule has 0 amide bonds. The molecule has 26 heavy (non-hydrogen) atoms. The van der Waals surface area contributed by atoms with E-state index in [4.69, 9.17) is 4.74 Å². The minimum absolute atomic E-state index is 0.151. The smallest absolute Gasteiger partial charge is 0.460 e. The van der Waals surface area contributed by atoms with Gasteiger partial charge in [0.25, 0.3) is 0 Å². The maximum absolute atomic E-state index is 13.7. The Bertz CT molecular complexity index is 490. The van der Waals surface area contributed by atoms with Gasteiger partial charge in [0.05, 0.1) is 19.6 Å². The lowest BCUT2D eigenvalue weighted by Crippen LogP contribution is -2.62. The van der Waals surface area contributed by atoms with Gasteiger partial charge in [0.2, 0.25) is 0 Å². The highest BCUT2D eigenvalue weighted by atomic mass is 19.4. The molecule has 1 aliphatic heterocycles. The molecule has 13 heteroatoms. The van der Waals surface area contributed by atoms with Gasteiger partial charge in [-0.1, -0.05) is 0 Å². The monoisotopic (exact) mass is 405 g/mol. The summed E-state index contributed by atoms with van der Waals surface area (Å²) in [5, 5.41) is 0. The van der Waals surface area contributed by atoms with Crippen LogP contribution >= 0.6 is 0 Å². The quantitative estimate of drug-likeness (QED) is 0.482. The summed E-state index contributed by atoms with van der Waals surface area (Å²) in [6.45, 7) is 0.826. The zero-order valence-corrected chi connectivity index (χ0v) is 13.4. The van der Waals surface area contributed by atoms with E-state index in [1.165, 1.54) is 4.90 Å². The highest BCUT2D eigenvalue weighted by molar-refractivity contribution is 5.66. The Hall–Kier alpha value is -1.24. The van der Waals surface area contributed by atoms with Crippen LogP contribution in [0.4, 0.5) is 39.5 Å². The van der Waals surface area contributed by atoms with Crippen LogP contribution in [0.5, 0.6) is 0 Å². The van der Waals surface area contributed by atoms with Crippen molar-refractivity contribution in [2.45, 2.75) is 43.4 Å². The standard InChI is InChI=1S/C13H16F9NO3/c1-8(24)26-9(7-23-2-4-25-5-3-23)6-10(14,15)11(16,17)12(18,19)13(20,21)22/h9H,2-7H2,1H3. The first kappa shape index (κ1) is 22.8. The van der Waals surface area contributed by atoms with Gasteiger partial charge in [-0.2, -0.15) is 39.5 Å². The van der Waals surface area contributed by atoms with Gasteiger partial charge in [0.15, 0.2) is 0 Å². The third kappa shape index (κ3) is 4.93. The molecule has 0 radical (unpaired) electrons. The van der Waals surface area contributed by atoms with E-state index >= 15 is 0 Å². The number of morpholine rings is 1. The molecule has 0 N–H and O–H groups in total. The van der Waals surface area contributed by atoms with Crippen molar-refractivity contribution in [1.29, 1.82) is 0 Å². The van der Waals surface area contributed by atoms with E-state index in [9.17, 15) is 44.3 Å². The Kier molecular flexibility index (Phi) is 6.83. The van der Waals surface area contributed by atoms with E-state index in [1.807, 2.05) is 0 Å². The molecule has 0 spiro atoms. The van der Waals surface area contributed by atoms with Gasteiger partial charge in [-0.05, 0) is 0 Å². The molecule has 0 aliphatic carbocycles. The van der Waals surface area contributed by atoms with Crippen molar-refractivity contribution in [3.8, 4) is 0 Å². The third-order valence-electron chi connectivity index (χ3n) is 3.59. The second kappa shape index (κ2) is 7.79. The maximum Gasteiger partial charge on any atom is 0.460 e. The zero-order valence-electron chi connectivity index (χ0n) is 13.4. The van der Waals surface area contributed by atoms with Crippen LogP contribution in [-0.4, -0.2) is 73.8 Å². The molecule has 1 unspecified atom stereocenters. The van der Waals surface area contributed by atoms with E-state index in [2.05, 4.69) is 4.74 Å². The Morgan fingerprint density at radius 1 is 1.00 bits per heavy atom. The summed E-state index contributed by atoms with van der Waals surface area (Å²) >= 11 is 0. The number of nitrogens with zero attached hydrogens (tertiary/aromatic N) is 1. The number of esters is 1. The minimum Gasteiger partial charge on any atom is -0.461 e. The number of alkyl halides is 9. The van der Waals surface area contributed by atoms with Crippen LogP contribution in [0.25, 0.3) is 0 Å². The van der Waals surface area contributed by atoms with Gasteiger partial charge in [0, 0.05) is 26.6 Å². The summed E-state index contributed by atoms with van der Waals surface area (Å²) in [4.78, 5) is 12.3. The number of carbonyl (C=O) groups excluding carboxylic acids is 1. The fraction of sp³-hybridized carbons (Fsp3) is 0.923. The summed E-state index contributed by atoms with van der Waals surface area (Å²) in [7, 11) is 0. The molecule has 0 aromatic rings. The molecule has 0 aromatic heterocycles. The van der Waals surface area contributed by atoms with Crippen LogP contribution < -0.4 is 0 Å². The molecule has 1 rings (SSSR count). The molecule has 1 atom stereocenters. The predicted octanol–water partition coefficient (Wildman–Crippen LogP) is 3.11. The van der Waals surface area contributed by atoms with Gasteiger partial charge >= 0.3 is 29.9 Å². The van der Waals surface area contributed by atoms with Gasteiger partial charge < -0.3 is 9.47 Å². The predicted molar refractivity (Wildman–Crippen MR) is 68.3 cm³/mol. The first-order valence-electron chi connectivity index (χ1n) is 7.29. The first-order valence-corrected chi connectivity index (χ1v) is 7.29. The summed E-state index contributed by atoms with van der Waals surface area (Å²) in [6.07, 6.45) is -11.1. The normalized spacial score (nSPS) is 19.3. The number of halogens is 9. The van der Waals surface area contributed by atoms with Crippen molar-refractivity contribution in [2.24, 2.45) is 0 Å². The van der Waals surface area contributed by atoms with E-state index in [0.29, 0.717) is 0 Å². The van der Waals surface area contributed by atoms with Gasteiger partial charge in [-0.25, -0.2) is 0 Å². The lowest BCUT2D eigenvalue weighted by molar-refractivity contribution is -0.398. The van der Waals surface area contributed by atoms with Crippen molar-refractivity contribution in [3.63, 3.8) is 0 Å². The molecular formula is C13H16F9NO3. The summed E-state index contributed by atoms with van der Waals surface area (Å²) in [5.74, 6) is -20.7. The van der Waals surface area contributed by atoms with Crippen molar-refractivity contribution >= 4 is 5.97 Å². The van der Waals surface area contributed by atoms with Crippen LogP contribution in [0.3, 0.4) is 0 Å². The maximum atomic E-state index is 13.7. The fourth-order valence-corrected chi connectivity index (χ4v) is 2.27. The molecule has 1 saturated heterocycles. The van der Waals surface area contributed by atoms with Crippen LogP contribution in [0, 0.1) is 0 Å². The third-order valence-corrected chi connectivity index (χ3v) is 3.59. The Morgan fingerprint density at radius 3 is 1.92 bits per heavy atom. The van der Waals surface area contributed by atoms with E-state index in [-0.39, 0.29) is 26.3 Å². The first-order chi connectivity index (χ1) is 11.6. The molecule has 0 bridgehead atoms. The van der Waals surface area contributed by atoms with Crippen LogP contribution in [0.1, 0.15) is 13.3 Å². The van der Waals surface area contributed by atoms with Crippen molar-refractivity contribution in [1.82, 2.24) is 4.90 Å². The van der Waals surface area contributed by atoms with Crippen LogP contribution in [-0.2, 0) is 14.3 Å². The average Bonchev–Trinajstić information content (AvgIpc) is 2.45. The van der Waals surface area contributed by atoms with Crippen LogP contribution in [0.15, 0.2) is 0 Å². The Morgan fingerprint density at radius 2 is 1.50 bits per heavy atom. The second-order valence-corrected chi connectivity index (χ2v) is 5.70. The number of rotatable bonds is 7. The lowest BCUT2D eigenvalue weighted by atomic mass is 9.98. The zero-order chi connectivity index (χ0) is 20.4. The molecule has 4 nitrogen and oxygen atoms in total. The SMILES string of the molecule is CC(=O)OC(CN1CCOCC1)CC(F)(F)C(F)(F)C(F)(F)C(F)(F)F.